The lowest BCUT2D eigenvalue weighted by molar-refractivity contribution is 0.139. The number of piperazine rings is 1. The van der Waals surface area contributed by atoms with Gasteiger partial charge >= 0.3 is 0 Å². The van der Waals surface area contributed by atoms with E-state index in [1.54, 1.807) is 7.11 Å². The highest BCUT2D eigenvalue weighted by Gasteiger charge is 2.16. The number of ether oxygens (including phenoxy) is 1. The molecule has 1 heterocycles. The Hall–Kier alpha value is -1.79. The summed E-state index contributed by atoms with van der Waals surface area (Å²) in [5.41, 5.74) is 1.34. The van der Waals surface area contributed by atoms with Crippen molar-refractivity contribution in [2.45, 2.75) is 26.2 Å². The summed E-state index contributed by atoms with van der Waals surface area (Å²) in [7, 11) is 5.74. The van der Waals surface area contributed by atoms with E-state index < -0.39 is 0 Å². The molecule has 1 aromatic rings. The van der Waals surface area contributed by atoms with Crippen LogP contribution < -0.4 is 15.4 Å². The van der Waals surface area contributed by atoms with Crippen LogP contribution in [0.25, 0.3) is 0 Å². The smallest absolute Gasteiger partial charge is 0.190 e. The van der Waals surface area contributed by atoms with Crippen LogP contribution in [0.4, 0.5) is 0 Å². The van der Waals surface area contributed by atoms with Crippen molar-refractivity contribution in [3.8, 4) is 5.75 Å². The van der Waals surface area contributed by atoms with Gasteiger partial charge in [-0.25, -0.2) is 0 Å². The van der Waals surface area contributed by atoms with Crippen LogP contribution in [0.5, 0.6) is 5.75 Å². The molecule has 1 saturated heterocycles. The molecule has 6 nitrogen and oxygen atoms in total. The van der Waals surface area contributed by atoms with Crippen molar-refractivity contribution in [1.29, 1.82) is 0 Å². The van der Waals surface area contributed by atoms with Crippen LogP contribution in [-0.4, -0.2) is 82.8 Å². The van der Waals surface area contributed by atoms with E-state index in [4.69, 9.17) is 4.74 Å². The van der Waals surface area contributed by atoms with Gasteiger partial charge in [0, 0.05) is 52.9 Å². The van der Waals surface area contributed by atoms with Crippen molar-refractivity contribution in [1.82, 2.24) is 20.4 Å². The summed E-state index contributed by atoms with van der Waals surface area (Å²) < 4.78 is 5.23. The first kappa shape index (κ1) is 22.5. The molecule has 0 amide bonds. The molecule has 0 aliphatic carbocycles. The van der Waals surface area contributed by atoms with Gasteiger partial charge in [-0.15, -0.1) is 0 Å². The molecule has 1 fully saturated rings. The molecule has 2 atom stereocenters. The molecular weight excluding hydrogens is 350 g/mol. The van der Waals surface area contributed by atoms with E-state index in [1.165, 1.54) is 31.7 Å². The molecule has 2 rings (SSSR count). The van der Waals surface area contributed by atoms with Crippen molar-refractivity contribution < 1.29 is 4.74 Å². The summed E-state index contributed by atoms with van der Waals surface area (Å²) in [6.45, 7) is 12.3. The summed E-state index contributed by atoms with van der Waals surface area (Å²) in [5.74, 6) is 2.89. The number of aliphatic imine (C=N–C) groups is 1. The minimum atomic E-state index is 0.493. The van der Waals surface area contributed by atoms with E-state index in [1.807, 2.05) is 19.2 Å². The first-order valence-corrected chi connectivity index (χ1v) is 10.5. The van der Waals surface area contributed by atoms with E-state index in [0.29, 0.717) is 11.8 Å². The van der Waals surface area contributed by atoms with Gasteiger partial charge in [-0.05, 0) is 43.0 Å². The first-order valence-electron chi connectivity index (χ1n) is 10.5. The third-order valence-corrected chi connectivity index (χ3v) is 5.56. The molecule has 2 N–H and O–H groups in total. The van der Waals surface area contributed by atoms with Gasteiger partial charge in [-0.1, -0.05) is 26.0 Å². The molecule has 0 radical (unpaired) electrons. The maximum absolute atomic E-state index is 5.23. The fraction of sp³-hybridized carbons (Fsp3) is 0.682. The molecule has 0 spiro atoms. The first-order chi connectivity index (χ1) is 13.5. The Kier molecular flexibility index (Phi) is 9.58. The molecule has 28 heavy (non-hydrogen) atoms. The number of nitrogens with zero attached hydrogens (tertiary/aromatic N) is 3. The molecule has 1 aliphatic rings. The standard InChI is InChI=1S/C22H39N5O/c1-18(17-27-14-12-26(4)13-15-27)16-25-22(23-3)24-11-10-19(2)20-6-8-21(28-5)9-7-20/h6-9,18-19H,10-17H2,1-5H3,(H2,23,24,25). The minimum Gasteiger partial charge on any atom is -0.497 e. The number of likely N-dealkylation sites (N-methyl/N-ethyl adjacent to an activating group) is 1. The second-order valence-corrected chi connectivity index (χ2v) is 8.05. The van der Waals surface area contributed by atoms with E-state index in [2.05, 4.69) is 58.5 Å². The fourth-order valence-electron chi connectivity index (χ4n) is 3.53. The highest BCUT2D eigenvalue weighted by atomic mass is 16.5. The Balaban J connectivity index is 1.65. The summed E-state index contributed by atoms with van der Waals surface area (Å²) in [6.07, 6.45) is 1.06. The Morgan fingerprint density at radius 1 is 1.11 bits per heavy atom. The van der Waals surface area contributed by atoms with Crippen molar-refractivity contribution in [2.75, 3.05) is 67.0 Å². The summed E-state index contributed by atoms with van der Waals surface area (Å²) in [5, 5.41) is 6.93. The maximum Gasteiger partial charge on any atom is 0.190 e. The van der Waals surface area contributed by atoms with Gasteiger partial charge in [0.05, 0.1) is 7.11 Å². The molecule has 0 bridgehead atoms. The zero-order valence-electron chi connectivity index (χ0n) is 18.4. The van der Waals surface area contributed by atoms with Crippen LogP contribution in [0.2, 0.25) is 0 Å². The molecule has 1 aromatic carbocycles. The fourth-order valence-corrected chi connectivity index (χ4v) is 3.53. The Labute approximate surface area is 171 Å². The van der Waals surface area contributed by atoms with Gasteiger partial charge < -0.3 is 25.2 Å². The second kappa shape index (κ2) is 11.9. The summed E-state index contributed by atoms with van der Waals surface area (Å²) in [4.78, 5) is 9.34. The normalized spacial score (nSPS) is 18.5. The van der Waals surface area contributed by atoms with Crippen molar-refractivity contribution >= 4 is 5.96 Å². The quantitative estimate of drug-likeness (QED) is 0.501. The topological polar surface area (TPSA) is 52.1 Å². The van der Waals surface area contributed by atoms with Gasteiger partial charge in [0.25, 0.3) is 0 Å². The van der Waals surface area contributed by atoms with E-state index in [-0.39, 0.29) is 0 Å². The van der Waals surface area contributed by atoms with Crippen LogP contribution in [0.1, 0.15) is 31.7 Å². The van der Waals surface area contributed by atoms with E-state index in [9.17, 15) is 0 Å². The Morgan fingerprint density at radius 2 is 1.79 bits per heavy atom. The SMILES string of the molecule is CN=C(NCCC(C)c1ccc(OC)cc1)NCC(C)CN1CCN(C)CC1. The van der Waals surface area contributed by atoms with Gasteiger partial charge in [-0.2, -0.15) is 0 Å². The predicted octanol–water partition coefficient (Wildman–Crippen LogP) is 2.24. The maximum atomic E-state index is 5.23. The van der Waals surface area contributed by atoms with Gasteiger partial charge in [0.1, 0.15) is 5.75 Å². The molecule has 6 heteroatoms. The molecular formula is C22H39N5O. The van der Waals surface area contributed by atoms with E-state index in [0.717, 1.165) is 37.8 Å². The van der Waals surface area contributed by atoms with Gasteiger partial charge in [-0.3, -0.25) is 4.99 Å². The van der Waals surface area contributed by atoms with Crippen molar-refractivity contribution in [3.05, 3.63) is 29.8 Å². The van der Waals surface area contributed by atoms with E-state index >= 15 is 0 Å². The zero-order chi connectivity index (χ0) is 20.4. The number of rotatable bonds is 9. The summed E-state index contributed by atoms with van der Waals surface area (Å²) in [6, 6.07) is 8.36. The van der Waals surface area contributed by atoms with Gasteiger partial charge in [0.15, 0.2) is 5.96 Å². The number of nitrogens with one attached hydrogen (secondary N) is 2. The average molecular weight is 390 g/mol. The lowest BCUT2D eigenvalue weighted by Crippen LogP contribution is -2.47. The van der Waals surface area contributed by atoms with Crippen LogP contribution in [0.3, 0.4) is 0 Å². The molecule has 158 valence electrons. The number of hydrogen-bond donors (Lipinski definition) is 2. The Morgan fingerprint density at radius 3 is 2.39 bits per heavy atom. The third kappa shape index (κ3) is 7.68. The zero-order valence-corrected chi connectivity index (χ0v) is 18.4. The number of benzene rings is 1. The Bertz CT molecular complexity index is 581. The third-order valence-electron chi connectivity index (χ3n) is 5.56. The number of hydrogen-bond acceptors (Lipinski definition) is 4. The molecule has 2 unspecified atom stereocenters. The lowest BCUT2D eigenvalue weighted by Gasteiger charge is -2.34. The molecule has 0 saturated carbocycles. The average Bonchev–Trinajstić information content (AvgIpc) is 2.72. The molecule has 1 aliphatic heterocycles. The number of methoxy groups -OCH3 is 1. The second-order valence-electron chi connectivity index (χ2n) is 8.05. The number of guanidine groups is 1. The highest BCUT2D eigenvalue weighted by Crippen LogP contribution is 2.21. The van der Waals surface area contributed by atoms with Crippen molar-refractivity contribution in [3.63, 3.8) is 0 Å². The summed E-state index contributed by atoms with van der Waals surface area (Å²) >= 11 is 0. The highest BCUT2D eigenvalue weighted by molar-refractivity contribution is 5.79. The van der Waals surface area contributed by atoms with Gasteiger partial charge in [0.2, 0.25) is 0 Å². The predicted molar refractivity (Wildman–Crippen MR) is 118 cm³/mol. The monoisotopic (exact) mass is 389 g/mol. The van der Waals surface area contributed by atoms with Crippen LogP contribution in [-0.2, 0) is 0 Å². The van der Waals surface area contributed by atoms with Crippen molar-refractivity contribution in [2.24, 2.45) is 10.9 Å². The lowest BCUT2D eigenvalue weighted by atomic mass is 9.98. The van der Waals surface area contributed by atoms with Crippen LogP contribution in [0.15, 0.2) is 29.3 Å². The largest absolute Gasteiger partial charge is 0.497 e. The van der Waals surface area contributed by atoms with Crippen LogP contribution >= 0.6 is 0 Å². The minimum absolute atomic E-state index is 0.493. The molecule has 0 aromatic heterocycles. The van der Waals surface area contributed by atoms with Crippen LogP contribution in [0, 0.1) is 5.92 Å².